The van der Waals surface area contributed by atoms with Crippen molar-refractivity contribution in [2.24, 2.45) is 5.92 Å². The van der Waals surface area contributed by atoms with Crippen molar-refractivity contribution in [2.75, 3.05) is 6.61 Å². The molecule has 0 aromatic carbocycles. The fourth-order valence-electron chi connectivity index (χ4n) is 2.91. The van der Waals surface area contributed by atoms with Gasteiger partial charge in [-0.1, -0.05) is 20.8 Å². The number of halogens is 2. The van der Waals surface area contributed by atoms with Crippen LogP contribution in [0.3, 0.4) is 0 Å². The highest BCUT2D eigenvalue weighted by Gasteiger charge is 2.24. The zero-order valence-electron chi connectivity index (χ0n) is 15.7. The Labute approximate surface area is 159 Å². The number of rotatable bonds is 8. The molecule has 0 aliphatic carbocycles. The van der Waals surface area contributed by atoms with Crippen molar-refractivity contribution in [1.29, 1.82) is 0 Å². The third-order valence-electron chi connectivity index (χ3n) is 3.99. The van der Waals surface area contributed by atoms with Gasteiger partial charge in [0.05, 0.1) is 17.5 Å². The van der Waals surface area contributed by atoms with Crippen LogP contribution in [0.4, 0.5) is 8.78 Å². The van der Waals surface area contributed by atoms with Gasteiger partial charge in [-0.25, -0.2) is 8.78 Å². The Kier molecular flexibility index (Phi) is 6.98. The Morgan fingerprint density at radius 1 is 1.23 bits per heavy atom. The maximum atomic E-state index is 13.6. The van der Waals surface area contributed by atoms with E-state index in [1.165, 1.54) is 12.3 Å². The summed E-state index contributed by atoms with van der Waals surface area (Å²) in [5.74, 6) is 0.549. The van der Waals surface area contributed by atoms with E-state index >= 15 is 0 Å². The number of alkyl halides is 2. The van der Waals surface area contributed by atoms with Gasteiger partial charge < -0.3 is 4.74 Å². The van der Waals surface area contributed by atoms with Crippen LogP contribution in [0.15, 0.2) is 30.6 Å². The van der Waals surface area contributed by atoms with E-state index in [4.69, 9.17) is 4.74 Å². The molecule has 0 spiro atoms. The second-order valence-electron chi connectivity index (χ2n) is 7.18. The van der Waals surface area contributed by atoms with Gasteiger partial charge in [-0.2, -0.15) is 12.6 Å². The van der Waals surface area contributed by atoms with Gasteiger partial charge in [0.2, 0.25) is 0 Å². The Balaban J connectivity index is 2.26. The van der Waals surface area contributed by atoms with Crippen LogP contribution in [0.2, 0.25) is 0 Å². The molecule has 0 bridgehead atoms. The normalized spacial score (nSPS) is 13.9. The molecule has 26 heavy (non-hydrogen) atoms. The van der Waals surface area contributed by atoms with E-state index in [0.29, 0.717) is 11.6 Å². The molecule has 0 saturated carbocycles. The topological polar surface area (TPSA) is 35.0 Å². The van der Waals surface area contributed by atoms with E-state index in [1.807, 2.05) is 19.9 Å². The lowest BCUT2D eigenvalue weighted by Gasteiger charge is -2.26. The van der Waals surface area contributed by atoms with Crippen LogP contribution in [0.5, 0.6) is 5.75 Å². The monoisotopic (exact) mass is 380 g/mol. The number of hydrogen-bond acceptors (Lipinski definition) is 4. The van der Waals surface area contributed by atoms with Gasteiger partial charge in [0, 0.05) is 22.2 Å². The number of hydrogen-bond donors (Lipinski definition) is 1. The molecule has 0 amide bonds. The Morgan fingerprint density at radius 3 is 2.58 bits per heavy atom. The van der Waals surface area contributed by atoms with Gasteiger partial charge in [-0.05, 0) is 43.9 Å². The summed E-state index contributed by atoms with van der Waals surface area (Å²) in [4.78, 5) is 8.55. The molecule has 6 heteroatoms. The standard InChI is InChI=1S/C20H26F2N2OS/c1-5-15-8-14(6-7-23-15)17-9-16(19(21)22)18(11-24-17)25-12-20(4,26)10-13(2)3/h6-9,11,13,19,26H,5,10,12H2,1-4H3/t20-/m0/s1. The minimum absolute atomic E-state index is 0.109. The SMILES string of the molecule is CCc1cc(-c2cc(C(F)F)c(OC[C@@](C)(S)CC(C)C)cn2)ccn1. The van der Waals surface area contributed by atoms with E-state index in [0.717, 1.165) is 24.1 Å². The van der Waals surface area contributed by atoms with Crippen LogP contribution in [0.1, 0.15) is 51.8 Å². The van der Waals surface area contributed by atoms with Crippen LogP contribution in [0.25, 0.3) is 11.3 Å². The van der Waals surface area contributed by atoms with Crippen molar-refractivity contribution in [3.05, 3.63) is 41.9 Å². The molecular formula is C20H26F2N2OS. The molecule has 0 unspecified atom stereocenters. The smallest absolute Gasteiger partial charge is 0.267 e. The molecule has 0 aliphatic rings. The van der Waals surface area contributed by atoms with Crippen LogP contribution < -0.4 is 4.74 Å². The van der Waals surface area contributed by atoms with E-state index in [1.54, 1.807) is 12.3 Å². The molecule has 2 aromatic rings. The maximum absolute atomic E-state index is 13.6. The molecule has 3 nitrogen and oxygen atoms in total. The first-order valence-electron chi connectivity index (χ1n) is 8.80. The number of pyridine rings is 2. The Morgan fingerprint density at radius 2 is 1.96 bits per heavy atom. The van der Waals surface area contributed by atoms with Crippen molar-refractivity contribution < 1.29 is 13.5 Å². The number of ether oxygens (including phenoxy) is 1. The summed E-state index contributed by atoms with van der Waals surface area (Å²) in [5, 5.41) is 0. The fraction of sp³-hybridized carbons (Fsp3) is 0.500. The predicted octanol–water partition coefficient (Wildman–Crippen LogP) is 5.76. The third-order valence-corrected chi connectivity index (χ3v) is 4.31. The zero-order chi connectivity index (χ0) is 19.3. The van der Waals surface area contributed by atoms with Crippen molar-refractivity contribution >= 4 is 12.6 Å². The highest BCUT2D eigenvalue weighted by Crippen LogP contribution is 2.33. The molecule has 0 saturated heterocycles. The van der Waals surface area contributed by atoms with Gasteiger partial charge in [-0.3, -0.25) is 9.97 Å². The van der Waals surface area contributed by atoms with Gasteiger partial charge in [-0.15, -0.1) is 0 Å². The fourth-order valence-corrected chi connectivity index (χ4v) is 3.34. The minimum Gasteiger partial charge on any atom is -0.490 e. The predicted molar refractivity (Wildman–Crippen MR) is 104 cm³/mol. The van der Waals surface area contributed by atoms with Crippen LogP contribution in [0, 0.1) is 5.92 Å². The number of aromatic nitrogens is 2. The first kappa shape index (κ1) is 20.6. The molecule has 2 heterocycles. The van der Waals surface area contributed by atoms with E-state index in [-0.39, 0.29) is 17.9 Å². The molecule has 0 aliphatic heterocycles. The molecule has 0 N–H and O–H groups in total. The Hall–Kier alpha value is -1.69. The number of nitrogens with zero attached hydrogens (tertiary/aromatic N) is 2. The molecule has 1 atom stereocenters. The summed E-state index contributed by atoms with van der Waals surface area (Å²) in [6.45, 7) is 8.36. The van der Waals surface area contributed by atoms with Crippen LogP contribution in [-0.4, -0.2) is 21.3 Å². The lowest BCUT2D eigenvalue weighted by atomic mass is 9.99. The second kappa shape index (κ2) is 8.80. The second-order valence-corrected chi connectivity index (χ2v) is 8.26. The molecule has 2 aromatic heterocycles. The summed E-state index contributed by atoms with van der Waals surface area (Å²) in [6, 6.07) is 5.03. The quantitative estimate of drug-likeness (QED) is 0.592. The van der Waals surface area contributed by atoms with E-state index in [9.17, 15) is 8.78 Å². The van der Waals surface area contributed by atoms with Crippen LogP contribution in [-0.2, 0) is 6.42 Å². The first-order chi connectivity index (χ1) is 12.2. The average molecular weight is 381 g/mol. The van der Waals surface area contributed by atoms with Crippen molar-refractivity contribution in [3.63, 3.8) is 0 Å². The highest BCUT2D eigenvalue weighted by atomic mass is 32.1. The van der Waals surface area contributed by atoms with Crippen molar-refractivity contribution in [3.8, 4) is 17.0 Å². The minimum atomic E-state index is -2.64. The average Bonchev–Trinajstić information content (AvgIpc) is 2.58. The van der Waals surface area contributed by atoms with Gasteiger partial charge >= 0.3 is 0 Å². The number of aryl methyl sites for hydroxylation is 1. The molecular weight excluding hydrogens is 354 g/mol. The Bertz CT molecular complexity index is 736. The lowest BCUT2D eigenvalue weighted by molar-refractivity contribution is 0.143. The maximum Gasteiger partial charge on any atom is 0.267 e. The van der Waals surface area contributed by atoms with E-state index < -0.39 is 11.2 Å². The first-order valence-corrected chi connectivity index (χ1v) is 9.25. The molecule has 0 fully saturated rings. The summed E-state index contributed by atoms with van der Waals surface area (Å²) in [7, 11) is 0. The van der Waals surface area contributed by atoms with Gasteiger partial charge in [0.15, 0.2) is 0 Å². The summed E-state index contributed by atoms with van der Waals surface area (Å²) in [6.07, 6.45) is 1.99. The number of thiol groups is 1. The van der Waals surface area contributed by atoms with E-state index in [2.05, 4.69) is 36.4 Å². The third kappa shape index (κ3) is 5.66. The highest BCUT2D eigenvalue weighted by molar-refractivity contribution is 7.81. The van der Waals surface area contributed by atoms with Gasteiger partial charge in [0.25, 0.3) is 6.43 Å². The summed E-state index contributed by atoms with van der Waals surface area (Å²) in [5.41, 5.74) is 1.99. The van der Waals surface area contributed by atoms with Crippen molar-refractivity contribution in [1.82, 2.24) is 9.97 Å². The van der Waals surface area contributed by atoms with Gasteiger partial charge in [0.1, 0.15) is 12.4 Å². The zero-order valence-corrected chi connectivity index (χ0v) is 16.6. The molecule has 2 rings (SSSR count). The molecule has 142 valence electrons. The largest absolute Gasteiger partial charge is 0.490 e. The lowest BCUT2D eigenvalue weighted by Crippen LogP contribution is -2.28. The van der Waals surface area contributed by atoms with Crippen molar-refractivity contribution in [2.45, 2.75) is 51.7 Å². The van der Waals surface area contributed by atoms with Crippen LogP contribution >= 0.6 is 12.6 Å². The molecule has 0 radical (unpaired) electrons. The summed E-state index contributed by atoms with van der Waals surface area (Å²) >= 11 is 4.60. The summed E-state index contributed by atoms with van der Waals surface area (Å²) < 4.78 is 32.4.